The molecular weight excluding hydrogens is 238 g/mol. The van der Waals surface area contributed by atoms with Gasteiger partial charge in [-0.15, -0.1) is 0 Å². The summed E-state index contributed by atoms with van der Waals surface area (Å²) < 4.78 is 0. The van der Waals surface area contributed by atoms with Gasteiger partial charge in [0.25, 0.3) is 5.91 Å². The van der Waals surface area contributed by atoms with Gasteiger partial charge in [0.1, 0.15) is 11.3 Å². The van der Waals surface area contributed by atoms with Crippen LogP contribution in [-0.2, 0) is 0 Å². The minimum Gasteiger partial charge on any atom is -0.507 e. The summed E-state index contributed by atoms with van der Waals surface area (Å²) >= 11 is 0. The SMILES string of the molecule is Cc1cccc(C(=O)NC(CO)(CO)CO)c1O. The van der Waals surface area contributed by atoms with E-state index in [0.29, 0.717) is 5.56 Å². The lowest BCUT2D eigenvalue weighted by Crippen LogP contribution is -2.57. The lowest BCUT2D eigenvalue weighted by molar-refractivity contribution is 0.0374. The van der Waals surface area contributed by atoms with Gasteiger partial charge in [-0.2, -0.15) is 0 Å². The van der Waals surface area contributed by atoms with Crippen LogP contribution in [0.5, 0.6) is 5.75 Å². The predicted molar refractivity (Wildman–Crippen MR) is 64.3 cm³/mol. The van der Waals surface area contributed by atoms with Crippen LogP contribution in [0.4, 0.5) is 0 Å². The third-order valence-corrected chi connectivity index (χ3v) is 2.77. The zero-order valence-corrected chi connectivity index (χ0v) is 10.1. The van der Waals surface area contributed by atoms with E-state index >= 15 is 0 Å². The molecule has 0 saturated heterocycles. The van der Waals surface area contributed by atoms with E-state index in [4.69, 9.17) is 15.3 Å². The number of aromatic hydroxyl groups is 1. The average Bonchev–Trinajstić information content (AvgIpc) is 2.39. The quantitative estimate of drug-likeness (QED) is 0.470. The molecule has 100 valence electrons. The maximum absolute atomic E-state index is 11.9. The first-order chi connectivity index (χ1) is 8.49. The van der Waals surface area contributed by atoms with Crippen molar-refractivity contribution in [3.63, 3.8) is 0 Å². The van der Waals surface area contributed by atoms with Crippen LogP contribution in [0.25, 0.3) is 0 Å². The maximum atomic E-state index is 11.9. The summed E-state index contributed by atoms with van der Waals surface area (Å²) in [6, 6.07) is 4.65. The van der Waals surface area contributed by atoms with Crippen molar-refractivity contribution in [2.75, 3.05) is 19.8 Å². The van der Waals surface area contributed by atoms with Gasteiger partial charge in [0.2, 0.25) is 0 Å². The molecule has 6 heteroatoms. The largest absolute Gasteiger partial charge is 0.507 e. The van der Waals surface area contributed by atoms with Crippen molar-refractivity contribution >= 4 is 5.91 Å². The fourth-order valence-electron chi connectivity index (χ4n) is 1.42. The molecule has 0 fully saturated rings. The van der Waals surface area contributed by atoms with Crippen LogP contribution in [0.1, 0.15) is 15.9 Å². The standard InChI is InChI=1S/C12H17NO5/c1-8-3-2-4-9(10(8)17)11(18)13-12(5-14,6-15)7-16/h2-4,14-17H,5-7H2,1H3,(H,13,18). The zero-order chi connectivity index (χ0) is 13.8. The van der Waals surface area contributed by atoms with Crippen LogP contribution in [0.2, 0.25) is 0 Å². The Bertz CT molecular complexity index is 420. The van der Waals surface area contributed by atoms with E-state index in [-0.39, 0.29) is 11.3 Å². The van der Waals surface area contributed by atoms with Gasteiger partial charge in [-0.3, -0.25) is 4.79 Å². The van der Waals surface area contributed by atoms with Crippen molar-refractivity contribution in [3.05, 3.63) is 29.3 Å². The number of carbonyl (C=O) groups excluding carboxylic acids is 1. The molecule has 1 rings (SSSR count). The number of phenols is 1. The van der Waals surface area contributed by atoms with E-state index in [1.807, 2.05) is 0 Å². The van der Waals surface area contributed by atoms with Crippen LogP contribution in [0.3, 0.4) is 0 Å². The molecule has 0 aliphatic heterocycles. The number of aliphatic hydroxyl groups excluding tert-OH is 3. The molecule has 0 radical (unpaired) electrons. The monoisotopic (exact) mass is 255 g/mol. The van der Waals surface area contributed by atoms with Crippen molar-refractivity contribution in [1.29, 1.82) is 0 Å². The molecular formula is C12H17NO5. The van der Waals surface area contributed by atoms with E-state index in [1.54, 1.807) is 19.1 Å². The van der Waals surface area contributed by atoms with Crippen LogP contribution >= 0.6 is 0 Å². The summed E-state index contributed by atoms with van der Waals surface area (Å²) in [5, 5.41) is 39.3. The number of para-hydroxylation sites is 1. The number of aliphatic hydroxyl groups is 3. The van der Waals surface area contributed by atoms with Gasteiger partial charge in [0, 0.05) is 0 Å². The first-order valence-corrected chi connectivity index (χ1v) is 5.43. The van der Waals surface area contributed by atoms with Gasteiger partial charge < -0.3 is 25.7 Å². The molecule has 0 saturated carbocycles. The Morgan fingerprint density at radius 3 is 2.28 bits per heavy atom. The molecule has 0 heterocycles. The second-order valence-corrected chi connectivity index (χ2v) is 4.18. The fourth-order valence-corrected chi connectivity index (χ4v) is 1.42. The van der Waals surface area contributed by atoms with E-state index in [1.165, 1.54) is 6.07 Å². The number of hydrogen-bond donors (Lipinski definition) is 5. The van der Waals surface area contributed by atoms with Gasteiger partial charge in [-0.25, -0.2) is 0 Å². The molecule has 0 aliphatic rings. The molecule has 6 nitrogen and oxygen atoms in total. The molecule has 1 amide bonds. The van der Waals surface area contributed by atoms with Gasteiger partial charge in [0.05, 0.1) is 25.4 Å². The van der Waals surface area contributed by atoms with Crippen molar-refractivity contribution in [1.82, 2.24) is 5.32 Å². The molecule has 1 aromatic carbocycles. The van der Waals surface area contributed by atoms with Crippen LogP contribution in [0, 0.1) is 6.92 Å². The third-order valence-electron chi connectivity index (χ3n) is 2.77. The topological polar surface area (TPSA) is 110 Å². The maximum Gasteiger partial charge on any atom is 0.255 e. The highest BCUT2D eigenvalue weighted by molar-refractivity contribution is 5.97. The molecule has 0 unspecified atom stereocenters. The minimum atomic E-state index is -1.51. The second-order valence-electron chi connectivity index (χ2n) is 4.18. The molecule has 0 aromatic heterocycles. The number of rotatable bonds is 5. The molecule has 0 atom stereocenters. The Morgan fingerprint density at radius 1 is 1.22 bits per heavy atom. The highest BCUT2D eigenvalue weighted by Gasteiger charge is 2.31. The van der Waals surface area contributed by atoms with Crippen LogP contribution in [-0.4, -0.2) is 51.7 Å². The smallest absolute Gasteiger partial charge is 0.255 e. The first-order valence-electron chi connectivity index (χ1n) is 5.43. The number of nitrogens with one attached hydrogen (secondary N) is 1. The molecule has 5 N–H and O–H groups in total. The summed E-state index contributed by atoms with van der Waals surface area (Å²) in [5.41, 5.74) is -0.951. The van der Waals surface area contributed by atoms with Crippen molar-refractivity contribution in [2.45, 2.75) is 12.5 Å². The van der Waals surface area contributed by atoms with E-state index in [2.05, 4.69) is 5.32 Å². The Hall–Kier alpha value is -1.63. The third kappa shape index (κ3) is 2.79. The first kappa shape index (κ1) is 14.4. The molecule has 1 aromatic rings. The Morgan fingerprint density at radius 2 is 1.78 bits per heavy atom. The molecule has 0 aliphatic carbocycles. The summed E-state index contributed by atoms with van der Waals surface area (Å²) in [6.07, 6.45) is 0. The number of phenolic OH excluding ortho intramolecular Hbond substituents is 1. The second kappa shape index (κ2) is 5.81. The molecule has 18 heavy (non-hydrogen) atoms. The van der Waals surface area contributed by atoms with Crippen molar-refractivity contribution in [3.8, 4) is 5.75 Å². The van der Waals surface area contributed by atoms with Crippen molar-refractivity contribution in [2.24, 2.45) is 0 Å². The Balaban J connectivity index is 2.98. The highest BCUT2D eigenvalue weighted by Crippen LogP contribution is 2.21. The summed E-state index contributed by atoms with van der Waals surface area (Å²) in [7, 11) is 0. The number of amides is 1. The number of hydrogen-bond acceptors (Lipinski definition) is 5. The molecule has 0 spiro atoms. The van der Waals surface area contributed by atoms with Gasteiger partial charge in [0.15, 0.2) is 0 Å². The molecule has 0 bridgehead atoms. The predicted octanol–water partition coefficient (Wildman–Crippen LogP) is -0.854. The zero-order valence-electron chi connectivity index (χ0n) is 10.1. The van der Waals surface area contributed by atoms with E-state index in [0.717, 1.165) is 0 Å². The average molecular weight is 255 g/mol. The van der Waals surface area contributed by atoms with Gasteiger partial charge in [-0.1, -0.05) is 12.1 Å². The lowest BCUT2D eigenvalue weighted by Gasteiger charge is -2.28. The van der Waals surface area contributed by atoms with E-state index < -0.39 is 31.3 Å². The number of aryl methyl sites for hydroxylation is 1. The fraction of sp³-hybridized carbons (Fsp3) is 0.417. The van der Waals surface area contributed by atoms with Gasteiger partial charge in [-0.05, 0) is 18.6 Å². The number of carbonyl (C=O) groups is 1. The van der Waals surface area contributed by atoms with Gasteiger partial charge >= 0.3 is 0 Å². The number of benzene rings is 1. The highest BCUT2D eigenvalue weighted by atomic mass is 16.3. The lowest BCUT2D eigenvalue weighted by atomic mass is 10.0. The van der Waals surface area contributed by atoms with Crippen molar-refractivity contribution < 1.29 is 25.2 Å². The summed E-state index contributed by atoms with van der Waals surface area (Å²) in [6.45, 7) is -0.196. The summed E-state index contributed by atoms with van der Waals surface area (Å²) in [5.74, 6) is -0.842. The Labute approximate surface area is 105 Å². The normalized spacial score (nSPS) is 11.3. The van der Waals surface area contributed by atoms with E-state index in [9.17, 15) is 9.90 Å². The van der Waals surface area contributed by atoms with Crippen LogP contribution in [0.15, 0.2) is 18.2 Å². The minimum absolute atomic E-state index is 0.0229. The van der Waals surface area contributed by atoms with Crippen LogP contribution < -0.4 is 5.32 Å². The summed E-state index contributed by atoms with van der Waals surface area (Å²) in [4.78, 5) is 11.9. The Kier molecular flexibility index (Phi) is 4.66.